The number of nitrogens with zero attached hydrogens (tertiary/aromatic N) is 1. The molecule has 118 valence electrons. The zero-order chi connectivity index (χ0) is 15.1. The summed E-state index contributed by atoms with van der Waals surface area (Å²) in [5.74, 6) is -0.0608. The molecule has 1 aromatic carbocycles. The average Bonchev–Trinajstić information content (AvgIpc) is 2.73. The maximum atomic E-state index is 14.1. The Balaban J connectivity index is 2.08. The molecule has 0 spiro atoms. The largest absolute Gasteiger partial charge is 0.313 e. The highest BCUT2D eigenvalue weighted by Crippen LogP contribution is 2.22. The molecule has 1 N–H and O–H groups in total. The summed E-state index contributed by atoms with van der Waals surface area (Å²) in [5.41, 5.74) is 2.03. The fraction of sp³-hybridized carbons (Fsp3) is 0.667. The van der Waals surface area contributed by atoms with Crippen LogP contribution in [-0.2, 0) is 13.1 Å². The van der Waals surface area contributed by atoms with E-state index in [1.807, 2.05) is 12.1 Å². The van der Waals surface area contributed by atoms with Crippen LogP contribution in [0.1, 0.15) is 57.1 Å². The van der Waals surface area contributed by atoms with Gasteiger partial charge in [-0.05, 0) is 44.0 Å². The fourth-order valence-electron chi connectivity index (χ4n) is 3.25. The number of likely N-dealkylation sites (tertiary alicyclic amines) is 1. The second-order valence-electron chi connectivity index (χ2n) is 6.09. The van der Waals surface area contributed by atoms with Gasteiger partial charge in [-0.3, -0.25) is 4.90 Å². The second-order valence-corrected chi connectivity index (χ2v) is 6.09. The van der Waals surface area contributed by atoms with Gasteiger partial charge >= 0.3 is 0 Å². The molecule has 1 aromatic rings. The lowest BCUT2D eigenvalue weighted by atomic mass is 10.1. The Hall–Kier alpha value is -0.930. The zero-order valence-corrected chi connectivity index (χ0v) is 13.5. The van der Waals surface area contributed by atoms with Crippen molar-refractivity contribution in [2.45, 2.75) is 65.1 Å². The van der Waals surface area contributed by atoms with Crippen LogP contribution in [-0.4, -0.2) is 24.0 Å². The minimum absolute atomic E-state index is 0.0608. The smallest absolute Gasteiger partial charge is 0.127 e. The summed E-state index contributed by atoms with van der Waals surface area (Å²) in [7, 11) is 0. The Morgan fingerprint density at radius 2 is 2.10 bits per heavy atom. The van der Waals surface area contributed by atoms with Gasteiger partial charge in [0.1, 0.15) is 5.82 Å². The second kappa shape index (κ2) is 8.50. The van der Waals surface area contributed by atoms with Crippen LogP contribution in [0.25, 0.3) is 0 Å². The van der Waals surface area contributed by atoms with Crippen molar-refractivity contribution < 1.29 is 4.39 Å². The summed E-state index contributed by atoms with van der Waals surface area (Å²) in [5, 5.41) is 3.31. The molecule has 21 heavy (non-hydrogen) atoms. The number of halogens is 1. The van der Waals surface area contributed by atoms with E-state index in [-0.39, 0.29) is 5.82 Å². The van der Waals surface area contributed by atoms with Gasteiger partial charge in [0.25, 0.3) is 0 Å². The number of hydrogen-bond donors (Lipinski definition) is 1. The molecule has 2 nitrogen and oxygen atoms in total. The molecular weight excluding hydrogens is 263 g/mol. The third-order valence-corrected chi connectivity index (χ3v) is 4.53. The van der Waals surface area contributed by atoms with Crippen molar-refractivity contribution in [1.82, 2.24) is 10.2 Å². The molecule has 0 bridgehead atoms. The van der Waals surface area contributed by atoms with Crippen molar-refractivity contribution in [3.05, 3.63) is 35.1 Å². The van der Waals surface area contributed by atoms with Gasteiger partial charge < -0.3 is 5.32 Å². The van der Waals surface area contributed by atoms with Crippen LogP contribution in [0.15, 0.2) is 18.2 Å². The Labute approximate surface area is 128 Å². The van der Waals surface area contributed by atoms with Gasteiger partial charge in [-0.15, -0.1) is 0 Å². The highest BCUT2D eigenvalue weighted by Gasteiger charge is 2.20. The van der Waals surface area contributed by atoms with E-state index in [4.69, 9.17) is 0 Å². The van der Waals surface area contributed by atoms with E-state index in [1.165, 1.54) is 37.7 Å². The Morgan fingerprint density at radius 3 is 2.86 bits per heavy atom. The average molecular weight is 292 g/mol. The van der Waals surface area contributed by atoms with Crippen LogP contribution < -0.4 is 5.32 Å². The Kier molecular flexibility index (Phi) is 6.65. The first-order valence-electron chi connectivity index (χ1n) is 8.46. The van der Waals surface area contributed by atoms with E-state index in [0.717, 1.165) is 31.7 Å². The molecule has 3 heteroatoms. The van der Waals surface area contributed by atoms with Crippen molar-refractivity contribution >= 4 is 0 Å². The van der Waals surface area contributed by atoms with Crippen molar-refractivity contribution in [1.29, 1.82) is 0 Å². The highest BCUT2D eigenvalue weighted by atomic mass is 19.1. The lowest BCUT2D eigenvalue weighted by Crippen LogP contribution is -2.34. The van der Waals surface area contributed by atoms with Gasteiger partial charge in [0.15, 0.2) is 0 Å². The van der Waals surface area contributed by atoms with Crippen LogP contribution in [0.3, 0.4) is 0 Å². The van der Waals surface area contributed by atoms with Crippen LogP contribution in [0.5, 0.6) is 0 Å². The molecule has 1 fully saturated rings. The van der Waals surface area contributed by atoms with Crippen molar-refractivity contribution in [3.63, 3.8) is 0 Å². The van der Waals surface area contributed by atoms with Gasteiger partial charge in [0, 0.05) is 24.7 Å². The predicted molar refractivity (Wildman–Crippen MR) is 86.7 cm³/mol. The molecule has 1 saturated heterocycles. The zero-order valence-electron chi connectivity index (χ0n) is 13.5. The van der Waals surface area contributed by atoms with Gasteiger partial charge in [0.05, 0.1) is 0 Å². The van der Waals surface area contributed by atoms with Crippen LogP contribution in [0, 0.1) is 5.82 Å². The maximum Gasteiger partial charge on any atom is 0.127 e. The summed E-state index contributed by atoms with van der Waals surface area (Å²) in [6.07, 6.45) is 6.30. The van der Waals surface area contributed by atoms with E-state index in [9.17, 15) is 4.39 Å². The van der Waals surface area contributed by atoms with Gasteiger partial charge in [-0.2, -0.15) is 0 Å². The minimum atomic E-state index is -0.0608. The molecule has 0 aromatic heterocycles. The monoisotopic (exact) mass is 292 g/mol. The number of benzene rings is 1. The van der Waals surface area contributed by atoms with Crippen molar-refractivity contribution in [2.24, 2.45) is 0 Å². The van der Waals surface area contributed by atoms with Crippen LogP contribution in [0.4, 0.5) is 4.39 Å². The molecule has 1 aliphatic heterocycles. The number of nitrogens with one attached hydrogen (secondary N) is 1. The fourth-order valence-corrected chi connectivity index (χ4v) is 3.25. The normalized spacial score (nSPS) is 20.4. The Morgan fingerprint density at radius 1 is 1.24 bits per heavy atom. The third-order valence-electron chi connectivity index (χ3n) is 4.53. The molecule has 1 unspecified atom stereocenters. The summed E-state index contributed by atoms with van der Waals surface area (Å²) >= 11 is 0. The van der Waals surface area contributed by atoms with E-state index < -0.39 is 0 Å². The molecule has 0 saturated carbocycles. The minimum Gasteiger partial charge on any atom is -0.313 e. The maximum absolute atomic E-state index is 14.1. The number of hydrogen-bond acceptors (Lipinski definition) is 2. The lowest BCUT2D eigenvalue weighted by Gasteiger charge is -2.29. The molecule has 1 heterocycles. The van der Waals surface area contributed by atoms with E-state index >= 15 is 0 Å². The molecule has 0 aliphatic carbocycles. The summed E-state index contributed by atoms with van der Waals surface area (Å²) < 4.78 is 14.1. The van der Waals surface area contributed by atoms with E-state index in [1.54, 1.807) is 6.07 Å². The highest BCUT2D eigenvalue weighted by molar-refractivity contribution is 5.25. The van der Waals surface area contributed by atoms with E-state index in [0.29, 0.717) is 6.04 Å². The molecular formula is C18H29FN2. The summed E-state index contributed by atoms with van der Waals surface area (Å²) in [4.78, 5) is 2.49. The first-order chi connectivity index (χ1) is 10.2. The first kappa shape index (κ1) is 16.4. The third kappa shape index (κ3) is 4.79. The molecule has 1 atom stereocenters. The predicted octanol–water partition coefficient (Wildman–Crippen LogP) is 4.09. The van der Waals surface area contributed by atoms with Gasteiger partial charge in [0.2, 0.25) is 0 Å². The first-order valence-corrected chi connectivity index (χ1v) is 8.46. The van der Waals surface area contributed by atoms with E-state index in [2.05, 4.69) is 24.1 Å². The molecule has 0 radical (unpaired) electrons. The summed E-state index contributed by atoms with van der Waals surface area (Å²) in [6.45, 7) is 7.96. The standard InChI is InChI=1S/C18H29FN2/c1-3-17-8-6-5-7-11-21(17)14-16-12-15(13-20-4-2)9-10-18(16)19/h9-10,12,17,20H,3-8,11,13-14H2,1-2H3. The van der Waals surface area contributed by atoms with Crippen LogP contribution >= 0.6 is 0 Å². The van der Waals surface area contributed by atoms with Crippen molar-refractivity contribution in [3.8, 4) is 0 Å². The summed E-state index contributed by atoms with van der Waals surface area (Å²) in [6, 6.07) is 6.17. The van der Waals surface area contributed by atoms with Gasteiger partial charge in [-0.1, -0.05) is 38.8 Å². The molecule has 0 amide bonds. The SMILES string of the molecule is CCNCc1ccc(F)c(CN2CCCCCC2CC)c1. The van der Waals surface area contributed by atoms with Crippen LogP contribution in [0.2, 0.25) is 0 Å². The Bertz CT molecular complexity index is 433. The lowest BCUT2D eigenvalue weighted by molar-refractivity contribution is 0.184. The quantitative estimate of drug-likeness (QED) is 0.849. The number of rotatable bonds is 6. The molecule has 1 aliphatic rings. The van der Waals surface area contributed by atoms with Gasteiger partial charge in [-0.25, -0.2) is 4.39 Å². The topological polar surface area (TPSA) is 15.3 Å². The molecule has 2 rings (SSSR count). The van der Waals surface area contributed by atoms with Crippen molar-refractivity contribution in [2.75, 3.05) is 13.1 Å².